The van der Waals surface area contributed by atoms with E-state index in [9.17, 15) is 18.8 Å². The molecule has 0 saturated heterocycles. The van der Waals surface area contributed by atoms with Crippen LogP contribution in [-0.2, 0) is 25.5 Å². The van der Waals surface area contributed by atoms with Gasteiger partial charge in [-0.3, -0.25) is 19.6 Å². The minimum atomic E-state index is -1.05. The summed E-state index contributed by atoms with van der Waals surface area (Å²) in [5, 5.41) is 13.8. The van der Waals surface area contributed by atoms with E-state index in [1.54, 1.807) is 6.07 Å². The normalized spacial score (nSPS) is 13.3. The van der Waals surface area contributed by atoms with Crippen molar-refractivity contribution in [2.24, 2.45) is 0 Å². The zero-order chi connectivity index (χ0) is 21.5. The van der Waals surface area contributed by atoms with Crippen LogP contribution in [-0.4, -0.2) is 35.8 Å². The van der Waals surface area contributed by atoms with Crippen LogP contribution in [0.5, 0.6) is 0 Å². The van der Waals surface area contributed by atoms with Gasteiger partial charge >= 0.3 is 0 Å². The zero-order valence-electron chi connectivity index (χ0n) is 15.6. The molecule has 0 bridgehead atoms. The van der Waals surface area contributed by atoms with E-state index >= 15 is 0 Å². The minimum Gasteiger partial charge on any atom is -0.461 e. The Hall–Kier alpha value is -3.92. The first-order valence-electron chi connectivity index (χ1n) is 8.81. The summed E-state index contributed by atoms with van der Waals surface area (Å²) in [6, 6.07) is 10.3. The average molecular weight is 415 g/mol. The molecule has 3 amide bonds. The summed E-state index contributed by atoms with van der Waals surface area (Å²) in [5.41, 5.74) is 2.55. The lowest BCUT2D eigenvalue weighted by molar-refractivity contribution is -0.126. The van der Waals surface area contributed by atoms with Crippen LogP contribution in [0.15, 0.2) is 60.6 Å². The van der Waals surface area contributed by atoms with Crippen LogP contribution in [0.3, 0.4) is 0 Å². The standard InChI is InChI=1S/C20H18FN3O6/c21-14-3-1-2-12(8-14)9-16(23-20(27)17-10-29-11-30-17)19(26)22-15-6-4-13(5-7-15)18(25)24-28/h1-8,10,16,28H,9,11H2,(H,22,26)(H,23,27)(H,24,25)/t16-/m0/s1. The third-order valence-corrected chi connectivity index (χ3v) is 4.16. The largest absolute Gasteiger partial charge is 0.461 e. The number of ether oxygens (including phenoxy) is 2. The van der Waals surface area contributed by atoms with Gasteiger partial charge in [0.25, 0.3) is 11.8 Å². The van der Waals surface area contributed by atoms with E-state index in [0.29, 0.717) is 11.3 Å². The van der Waals surface area contributed by atoms with Crippen molar-refractivity contribution in [1.29, 1.82) is 0 Å². The van der Waals surface area contributed by atoms with Gasteiger partial charge in [0, 0.05) is 17.7 Å². The van der Waals surface area contributed by atoms with Gasteiger partial charge in [0.1, 0.15) is 18.1 Å². The van der Waals surface area contributed by atoms with Gasteiger partial charge in [-0.05, 0) is 42.0 Å². The second-order valence-electron chi connectivity index (χ2n) is 6.28. The monoisotopic (exact) mass is 415 g/mol. The van der Waals surface area contributed by atoms with E-state index in [-0.39, 0.29) is 24.5 Å². The molecule has 0 fully saturated rings. The van der Waals surface area contributed by atoms with Crippen LogP contribution in [0.25, 0.3) is 0 Å². The predicted molar refractivity (Wildman–Crippen MR) is 101 cm³/mol. The lowest BCUT2D eigenvalue weighted by Crippen LogP contribution is -2.45. The molecule has 3 rings (SSSR count). The number of carbonyl (C=O) groups excluding carboxylic acids is 3. The van der Waals surface area contributed by atoms with Crippen LogP contribution in [0.1, 0.15) is 15.9 Å². The molecule has 4 N–H and O–H groups in total. The quantitative estimate of drug-likeness (QED) is 0.401. The molecule has 0 spiro atoms. The van der Waals surface area contributed by atoms with E-state index in [0.717, 1.165) is 6.26 Å². The van der Waals surface area contributed by atoms with Crippen LogP contribution in [0.4, 0.5) is 10.1 Å². The summed E-state index contributed by atoms with van der Waals surface area (Å²) in [7, 11) is 0. The van der Waals surface area contributed by atoms with Crippen molar-refractivity contribution >= 4 is 23.4 Å². The summed E-state index contributed by atoms with van der Waals surface area (Å²) in [4.78, 5) is 36.5. The van der Waals surface area contributed by atoms with Crippen LogP contribution < -0.4 is 16.1 Å². The van der Waals surface area contributed by atoms with Gasteiger partial charge in [-0.15, -0.1) is 0 Å². The van der Waals surface area contributed by atoms with Crippen LogP contribution in [0.2, 0.25) is 0 Å². The third kappa shape index (κ3) is 5.32. The van der Waals surface area contributed by atoms with E-state index in [1.165, 1.54) is 47.9 Å². The Bertz CT molecular complexity index is 977. The molecule has 2 aromatic rings. The molecule has 0 radical (unpaired) electrons. The summed E-state index contributed by atoms with van der Waals surface area (Å²) in [6.07, 6.45) is 1.16. The number of hydrogen-bond donors (Lipinski definition) is 4. The summed E-state index contributed by atoms with van der Waals surface area (Å²) in [6.45, 7) is -0.0999. The third-order valence-electron chi connectivity index (χ3n) is 4.16. The van der Waals surface area contributed by atoms with Gasteiger partial charge in [0.15, 0.2) is 0 Å². The molecule has 9 nitrogen and oxygen atoms in total. The number of hydroxylamine groups is 1. The predicted octanol–water partition coefficient (Wildman–Crippen LogP) is 1.46. The number of rotatable bonds is 7. The van der Waals surface area contributed by atoms with Crippen molar-refractivity contribution in [3.63, 3.8) is 0 Å². The zero-order valence-corrected chi connectivity index (χ0v) is 15.6. The molecular weight excluding hydrogens is 397 g/mol. The molecule has 1 heterocycles. The van der Waals surface area contributed by atoms with Gasteiger partial charge in [-0.2, -0.15) is 0 Å². The van der Waals surface area contributed by atoms with E-state index in [4.69, 9.17) is 14.7 Å². The number of amides is 3. The van der Waals surface area contributed by atoms with E-state index in [2.05, 4.69) is 10.6 Å². The Morgan fingerprint density at radius 3 is 2.50 bits per heavy atom. The molecule has 0 aromatic heterocycles. The Morgan fingerprint density at radius 1 is 1.10 bits per heavy atom. The van der Waals surface area contributed by atoms with Gasteiger partial charge in [0.05, 0.1) is 0 Å². The lowest BCUT2D eigenvalue weighted by Gasteiger charge is -2.19. The molecule has 0 aliphatic carbocycles. The average Bonchev–Trinajstić information content (AvgIpc) is 3.28. The summed E-state index contributed by atoms with van der Waals surface area (Å²) in [5.74, 6) is -2.46. The van der Waals surface area contributed by atoms with Gasteiger partial charge < -0.3 is 20.1 Å². The second kappa shape index (κ2) is 9.52. The Kier molecular flexibility index (Phi) is 6.60. The highest BCUT2D eigenvalue weighted by Gasteiger charge is 2.25. The first kappa shape index (κ1) is 20.8. The maximum absolute atomic E-state index is 13.5. The molecule has 0 saturated carbocycles. The summed E-state index contributed by atoms with van der Waals surface area (Å²) >= 11 is 0. The Labute approximate surface area is 170 Å². The fourth-order valence-corrected chi connectivity index (χ4v) is 2.70. The van der Waals surface area contributed by atoms with Crippen molar-refractivity contribution in [3.05, 3.63) is 77.5 Å². The number of hydrogen-bond acceptors (Lipinski definition) is 6. The lowest BCUT2D eigenvalue weighted by atomic mass is 10.0. The molecule has 1 aliphatic rings. The topological polar surface area (TPSA) is 126 Å². The molecule has 30 heavy (non-hydrogen) atoms. The SMILES string of the molecule is O=C(N[C@@H](Cc1cccc(F)c1)C(=O)Nc1ccc(C(=O)NO)cc1)C1=COCO1. The van der Waals surface area contributed by atoms with E-state index in [1.807, 2.05) is 0 Å². The maximum Gasteiger partial charge on any atom is 0.290 e. The first-order valence-corrected chi connectivity index (χ1v) is 8.81. The molecule has 10 heteroatoms. The fraction of sp³-hybridized carbons (Fsp3) is 0.150. The van der Waals surface area contributed by atoms with Gasteiger partial charge in [0.2, 0.25) is 18.5 Å². The molecule has 156 valence electrons. The van der Waals surface area contributed by atoms with Crippen molar-refractivity contribution < 1.29 is 33.5 Å². The van der Waals surface area contributed by atoms with Crippen molar-refractivity contribution in [2.75, 3.05) is 12.1 Å². The van der Waals surface area contributed by atoms with Gasteiger partial charge in [-0.25, -0.2) is 9.87 Å². The second-order valence-corrected chi connectivity index (χ2v) is 6.28. The Balaban J connectivity index is 1.74. The van der Waals surface area contributed by atoms with Crippen LogP contribution in [0, 0.1) is 5.82 Å². The molecule has 1 aliphatic heterocycles. The van der Waals surface area contributed by atoms with Crippen molar-refractivity contribution in [3.8, 4) is 0 Å². The number of anilines is 1. The highest BCUT2D eigenvalue weighted by atomic mass is 19.1. The van der Waals surface area contributed by atoms with Crippen molar-refractivity contribution in [2.45, 2.75) is 12.5 Å². The van der Waals surface area contributed by atoms with E-state index < -0.39 is 29.6 Å². The van der Waals surface area contributed by atoms with Crippen LogP contribution >= 0.6 is 0 Å². The smallest absolute Gasteiger partial charge is 0.290 e. The highest BCUT2D eigenvalue weighted by molar-refractivity contribution is 6.00. The fourth-order valence-electron chi connectivity index (χ4n) is 2.70. The Morgan fingerprint density at radius 2 is 1.87 bits per heavy atom. The number of halogens is 1. The number of nitrogens with one attached hydrogen (secondary N) is 3. The summed E-state index contributed by atoms with van der Waals surface area (Å²) < 4.78 is 23.4. The molecular formula is C20H18FN3O6. The van der Waals surface area contributed by atoms with Gasteiger partial charge in [-0.1, -0.05) is 12.1 Å². The molecule has 2 aromatic carbocycles. The highest BCUT2D eigenvalue weighted by Crippen LogP contribution is 2.13. The first-order chi connectivity index (χ1) is 14.5. The molecule has 0 unspecified atom stereocenters. The van der Waals surface area contributed by atoms with Crippen molar-refractivity contribution in [1.82, 2.24) is 10.8 Å². The molecule has 1 atom stereocenters. The number of benzene rings is 2. The maximum atomic E-state index is 13.5. The minimum absolute atomic E-state index is 0.0223. The number of carbonyl (C=O) groups is 3.